The number of ether oxygens (including phenoxy) is 2. The second-order valence-corrected chi connectivity index (χ2v) is 6.27. The molecule has 5 heteroatoms. The fourth-order valence-corrected chi connectivity index (χ4v) is 2.69. The van der Waals surface area contributed by atoms with Crippen molar-refractivity contribution < 1.29 is 14.3 Å². The van der Waals surface area contributed by atoms with Crippen LogP contribution in [-0.2, 0) is 22.7 Å². The predicted octanol–water partition coefficient (Wildman–Crippen LogP) is 4.48. The molecular weight excluding hydrogens is 334 g/mol. The molecule has 2 aromatic heterocycles. The molecule has 0 aliphatic heterocycles. The van der Waals surface area contributed by atoms with Gasteiger partial charge in [-0.05, 0) is 46.8 Å². The Labute approximate surface area is 150 Å². The average Bonchev–Trinajstić information content (AvgIpc) is 3.18. The molecule has 0 N–H and O–H groups in total. The molecule has 4 nitrogen and oxygen atoms in total. The summed E-state index contributed by atoms with van der Waals surface area (Å²) in [6.45, 7) is 0.784. The molecule has 1 aromatic carbocycles. The number of rotatable bonds is 7. The Balaban J connectivity index is 1.45. The summed E-state index contributed by atoms with van der Waals surface area (Å²) in [4.78, 5) is 16.9. The topological polar surface area (TPSA) is 48.4 Å². The molecule has 0 unspecified atom stereocenters. The SMILES string of the molecule is O=C(/C=C/c1cccnc1)OCc1ccc(OCc2cccs2)cc1. The molecule has 0 radical (unpaired) electrons. The maximum absolute atomic E-state index is 11.7. The highest BCUT2D eigenvalue weighted by molar-refractivity contribution is 7.09. The number of benzene rings is 1. The van der Waals surface area contributed by atoms with E-state index in [0.29, 0.717) is 6.61 Å². The molecule has 0 bridgehead atoms. The van der Waals surface area contributed by atoms with Gasteiger partial charge in [-0.25, -0.2) is 4.79 Å². The van der Waals surface area contributed by atoms with Gasteiger partial charge in [0.2, 0.25) is 0 Å². The van der Waals surface area contributed by atoms with Gasteiger partial charge in [-0.1, -0.05) is 24.3 Å². The van der Waals surface area contributed by atoms with Gasteiger partial charge in [0.1, 0.15) is 19.0 Å². The summed E-state index contributed by atoms with van der Waals surface area (Å²) in [5.41, 5.74) is 1.76. The molecule has 0 amide bonds. The van der Waals surface area contributed by atoms with Gasteiger partial charge in [0, 0.05) is 23.3 Å². The molecule has 3 aromatic rings. The van der Waals surface area contributed by atoms with Crippen LogP contribution < -0.4 is 4.74 Å². The smallest absolute Gasteiger partial charge is 0.331 e. The Bertz CT molecular complexity index is 812. The van der Waals surface area contributed by atoms with Crippen molar-refractivity contribution >= 4 is 23.4 Å². The highest BCUT2D eigenvalue weighted by Crippen LogP contribution is 2.16. The van der Waals surface area contributed by atoms with Crippen LogP contribution in [0.3, 0.4) is 0 Å². The zero-order chi connectivity index (χ0) is 17.3. The third-order valence-electron chi connectivity index (χ3n) is 3.36. The van der Waals surface area contributed by atoms with Gasteiger partial charge in [0.15, 0.2) is 0 Å². The van der Waals surface area contributed by atoms with Crippen molar-refractivity contribution in [2.45, 2.75) is 13.2 Å². The van der Waals surface area contributed by atoms with Crippen molar-refractivity contribution in [3.63, 3.8) is 0 Å². The minimum atomic E-state index is -0.387. The van der Waals surface area contributed by atoms with Crippen LogP contribution in [0.15, 0.2) is 72.4 Å². The minimum absolute atomic E-state index is 0.224. The minimum Gasteiger partial charge on any atom is -0.488 e. The summed E-state index contributed by atoms with van der Waals surface area (Å²) in [6.07, 6.45) is 6.44. The Morgan fingerprint density at radius 1 is 1.08 bits per heavy atom. The van der Waals surface area contributed by atoms with Crippen LogP contribution in [0.1, 0.15) is 16.0 Å². The third-order valence-corrected chi connectivity index (χ3v) is 4.21. The van der Waals surface area contributed by atoms with E-state index in [-0.39, 0.29) is 12.6 Å². The fraction of sp³-hybridized carbons (Fsp3) is 0.100. The fourth-order valence-electron chi connectivity index (χ4n) is 2.07. The zero-order valence-electron chi connectivity index (χ0n) is 13.5. The van der Waals surface area contributed by atoms with E-state index in [9.17, 15) is 4.79 Å². The van der Waals surface area contributed by atoms with E-state index in [1.165, 1.54) is 11.0 Å². The van der Waals surface area contributed by atoms with Gasteiger partial charge >= 0.3 is 5.97 Å². The Kier molecular flexibility index (Phi) is 5.96. The average molecular weight is 351 g/mol. The number of pyridine rings is 1. The van der Waals surface area contributed by atoms with E-state index in [1.807, 2.05) is 53.9 Å². The highest BCUT2D eigenvalue weighted by atomic mass is 32.1. The summed E-state index contributed by atoms with van der Waals surface area (Å²) in [7, 11) is 0. The van der Waals surface area contributed by atoms with Crippen LogP contribution in [0.25, 0.3) is 6.08 Å². The number of aromatic nitrogens is 1. The van der Waals surface area contributed by atoms with Crippen LogP contribution in [-0.4, -0.2) is 11.0 Å². The Morgan fingerprint density at radius 3 is 2.68 bits per heavy atom. The van der Waals surface area contributed by atoms with Crippen LogP contribution in [0.2, 0.25) is 0 Å². The lowest BCUT2D eigenvalue weighted by molar-refractivity contribution is -0.138. The molecule has 0 saturated heterocycles. The van der Waals surface area contributed by atoms with Gasteiger partial charge in [-0.15, -0.1) is 11.3 Å². The van der Waals surface area contributed by atoms with Crippen molar-refractivity contribution in [3.05, 3.63) is 88.4 Å². The number of thiophene rings is 1. The first-order valence-corrected chi connectivity index (χ1v) is 8.66. The van der Waals surface area contributed by atoms with Crippen molar-refractivity contribution in [3.8, 4) is 5.75 Å². The molecule has 25 heavy (non-hydrogen) atoms. The van der Waals surface area contributed by atoms with Crippen molar-refractivity contribution in [2.24, 2.45) is 0 Å². The first-order chi connectivity index (χ1) is 12.3. The normalized spacial score (nSPS) is 10.7. The monoisotopic (exact) mass is 351 g/mol. The Morgan fingerprint density at radius 2 is 1.96 bits per heavy atom. The van der Waals surface area contributed by atoms with Gasteiger partial charge in [0.05, 0.1) is 0 Å². The summed E-state index contributed by atoms with van der Waals surface area (Å²) in [5.74, 6) is 0.404. The maximum Gasteiger partial charge on any atom is 0.331 e. The molecule has 0 atom stereocenters. The molecule has 0 fully saturated rings. The van der Waals surface area contributed by atoms with Crippen molar-refractivity contribution in [1.82, 2.24) is 4.98 Å². The van der Waals surface area contributed by atoms with E-state index in [2.05, 4.69) is 4.98 Å². The molecular formula is C20H17NO3S. The second-order valence-electron chi connectivity index (χ2n) is 5.24. The van der Waals surface area contributed by atoms with Gasteiger partial charge in [0.25, 0.3) is 0 Å². The summed E-state index contributed by atoms with van der Waals surface area (Å²) in [5, 5.41) is 2.03. The van der Waals surface area contributed by atoms with Crippen molar-refractivity contribution in [1.29, 1.82) is 0 Å². The standard InChI is InChI=1S/C20H17NO3S/c22-20(10-7-16-3-1-11-21-13-16)24-14-17-5-8-18(9-6-17)23-15-19-4-2-12-25-19/h1-13H,14-15H2/b10-7+. The van der Waals surface area contributed by atoms with Crippen LogP contribution in [0, 0.1) is 0 Å². The number of nitrogens with zero attached hydrogens (tertiary/aromatic N) is 1. The van der Waals surface area contributed by atoms with E-state index in [0.717, 1.165) is 16.9 Å². The van der Waals surface area contributed by atoms with Crippen molar-refractivity contribution in [2.75, 3.05) is 0 Å². The molecule has 0 aliphatic rings. The van der Waals surface area contributed by atoms with Gasteiger partial charge in [-0.3, -0.25) is 4.98 Å². The first kappa shape index (κ1) is 16.9. The van der Waals surface area contributed by atoms with E-state index < -0.39 is 0 Å². The molecule has 0 saturated carbocycles. The lowest BCUT2D eigenvalue weighted by Crippen LogP contribution is -2.01. The molecule has 3 rings (SSSR count). The number of hydrogen-bond donors (Lipinski definition) is 0. The van der Waals surface area contributed by atoms with Gasteiger partial charge < -0.3 is 9.47 Å². The largest absolute Gasteiger partial charge is 0.488 e. The summed E-state index contributed by atoms with van der Waals surface area (Å²) in [6, 6.07) is 15.3. The number of carbonyl (C=O) groups is 1. The second kappa shape index (κ2) is 8.80. The third kappa shape index (κ3) is 5.58. The molecule has 0 spiro atoms. The van der Waals surface area contributed by atoms with Crippen LogP contribution >= 0.6 is 11.3 Å². The van der Waals surface area contributed by atoms with E-state index in [4.69, 9.17) is 9.47 Å². The lowest BCUT2D eigenvalue weighted by atomic mass is 10.2. The lowest BCUT2D eigenvalue weighted by Gasteiger charge is -2.06. The summed E-state index contributed by atoms with van der Waals surface area (Å²) < 4.78 is 10.9. The van der Waals surface area contributed by atoms with E-state index >= 15 is 0 Å². The van der Waals surface area contributed by atoms with E-state index in [1.54, 1.807) is 29.8 Å². The van der Waals surface area contributed by atoms with Gasteiger partial charge in [-0.2, -0.15) is 0 Å². The zero-order valence-corrected chi connectivity index (χ0v) is 14.3. The first-order valence-electron chi connectivity index (χ1n) is 7.78. The maximum atomic E-state index is 11.7. The summed E-state index contributed by atoms with van der Waals surface area (Å²) >= 11 is 1.67. The number of esters is 1. The number of carbonyl (C=O) groups excluding carboxylic acids is 1. The highest BCUT2D eigenvalue weighted by Gasteiger charge is 2.01. The molecule has 0 aliphatic carbocycles. The molecule has 2 heterocycles. The molecule has 126 valence electrons. The predicted molar refractivity (Wildman–Crippen MR) is 98.2 cm³/mol. The van der Waals surface area contributed by atoms with Crippen LogP contribution in [0.4, 0.5) is 0 Å². The Hall–Kier alpha value is -2.92. The number of hydrogen-bond acceptors (Lipinski definition) is 5. The quantitative estimate of drug-likeness (QED) is 0.465. The van der Waals surface area contributed by atoms with Crippen LogP contribution in [0.5, 0.6) is 5.75 Å².